The summed E-state index contributed by atoms with van der Waals surface area (Å²) in [6.45, 7) is 7.05. The Hall–Kier alpha value is -0.940. The topological polar surface area (TPSA) is 39.4 Å². The zero-order valence-corrected chi connectivity index (χ0v) is 13.3. The van der Waals surface area contributed by atoms with Crippen molar-refractivity contribution in [3.63, 3.8) is 0 Å². The lowest BCUT2D eigenvalue weighted by Gasteiger charge is -2.17. The van der Waals surface area contributed by atoms with E-state index >= 15 is 0 Å². The molecule has 0 spiro atoms. The van der Waals surface area contributed by atoms with E-state index in [-0.39, 0.29) is 6.10 Å². The Bertz CT molecular complexity index is 547. The van der Waals surface area contributed by atoms with Gasteiger partial charge in [0.25, 0.3) is 0 Å². The second-order valence-corrected chi connectivity index (χ2v) is 5.32. The van der Waals surface area contributed by atoms with E-state index in [4.69, 9.17) is 9.72 Å². The third-order valence-corrected chi connectivity index (χ3v) is 3.73. The summed E-state index contributed by atoms with van der Waals surface area (Å²) in [7, 11) is 0. The van der Waals surface area contributed by atoms with Crippen molar-refractivity contribution in [2.45, 2.75) is 46.1 Å². The smallest absolute Gasteiger partial charge is 0.154 e. The summed E-state index contributed by atoms with van der Waals surface area (Å²) < 4.78 is 8.89. The van der Waals surface area contributed by atoms with Crippen LogP contribution in [0.2, 0.25) is 0 Å². The lowest BCUT2D eigenvalue weighted by atomic mass is 10.1. The highest BCUT2D eigenvalue weighted by molar-refractivity contribution is 9.10. The van der Waals surface area contributed by atoms with Gasteiger partial charge in [-0.1, -0.05) is 20.3 Å². The average Bonchev–Trinajstić information content (AvgIpc) is 2.78. The molecule has 2 aromatic rings. The van der Waals surface area contributed by atoms with Crippen LogP contribution < -0.4 is 0 Å². The van der Waals surface area contributed by atoms with Gasteiger partial charge in [-0.3, -0.25) is 4.40 Å². The third kappa shape index (κ3) is 2.82. The molecule has 0 aliphatic rings. The first-order valence-electron chi connectivity index (χ1n) is 6.84. The van der Waals surface area contributed by atoms with Crippen LogP contribution in [0, 0.1) is 0 Å². The van der Waals surface area contributed by atoms with E-state index in [1.54, 1.807) is 6.20 Å². The highest BCUT2D eigenvalue weighted by atomic mass is 79.9. The predicted molar refractivity (Wildman–Crippen MR) is 79.3 cm³/mol. The van der Waals surface area contributed by atoms with Gasteiger partial charge in [-0.05, 0) is 35.7 Å². The number of halogens is 1. The number of aromatic nitrogens is 3. The van der Waals surface area contributed by atoms with E-state index in [2.05, 4.69) is 39.2 Å². The summed E-state index contributed by atoms with van der Waals surface area (Å²) in [5.41, 5.74) is 3.17. The van der Waals surface area contributed by atoms with Gasteiger partial charge in [0.1, 0.15) is 6.33 Å². The van der Waals surface area contributed by atoms with Gasteiger partial charge in [-0.2, -0.15) is 0 Å². The van der Waals surface area contributed by atoms with Gasteiger partial charge >= 0.3 is 0 Å². The van der Waals surface area contributed by atoms with Crippen LogP contribution in [0.1, 0.15) is 51.1 Å². The van der Waals surface area contributed by atoms with E-state index < -0.39 is 0 Å². The summed E-state index contributed by atoms with van der Waals surface area (Å²) >= 11 is 3.51. The second kappa shape index (κ2) is 6.48. The molecule has 5 heteroatoms. The molecule has 4 nitrogen and oxygen atoms in total. The average molecular weight is 326 g/mol. The molecule has 0 radical (unpaired) electrons. The minimum atomic E-state index is 0.0936. The molecule has 0 saturated heterocycles. The van der Waals surface area contributed by atoms with Gasteiger partial charge < -0.3 is 4.74 Å². The van der Waals surface area contributed by atoms with Gasteiger partial charge in [-0.25, -0.2) is 9.97 Å². The van der Waals surface area contributed by atoms with Crippen LogP contribution in [-0.2, 0) is 11.2 Å². The standard InChI is InChI=1S/C14H20BrN3O/c1-4-7-12(19-6-3)13-11(5-2)17-14-10(15)8-16-9-18(13)14/h8-9,12H,4-7H2,1-3H3. The van der Waals surface area contributed by atoms with Crippen molar-refractivity contribution < 1.29 is 4.74 Å². The zero-order valence-electron chi connectivity index (χ0n) is 11.7. The van der Waals surface area contributed by atoms with Crippen molar-refractivity contribution in [2.24, 2.45) is 0 Å². The number of imidazole rings is 1. The molecule has 0 aliphatic heterocycles. The van der Waals surface area contributed by atoms with Crippen LogP contribution in [0.25, 0.3) is 5.65 Å². The normalized spacial score (nSPS) is 13.1. The molecule has 0 bridgehead atoms. The molecule has 19 heavy (non-hydrogen) atoms. The number of hydrogen-bond donors (Lipinski definition) is 0. The van der Waals surface area contributed by atoms with Crippen molar-refractivity contribution in [1.29, 1.82) is 0 Å². The number of fused-ring (bicyclic) bond motifs is 1. The Morgan fingerprint density at radius 2 is 2.16 bits per heavy atom. The van der Waals surface area contributed by atoms with Crippen molar-refractivity contribution in [2.75, 3.05) is 6.61 Å². The van der Waals surface area contributed by atoms with E-state index in [1.165, 1.54) is 0 Å². The fourth-order valence-corrected chi connectivity index (χ4v) is 2.76. The van der Waals surface area contributed by atoms with Crippen LogP contribution in [0.3, 0.4) is 0 Å². The number of hydrogen-bond acceptors (Lipinski definition) is 3. The quantitative estimate of drug-likeness (QED) is 0.807. The highest BCUT2D eigenvalue weighted by Crippen LogP contribution is 2.29. The van der Waals surface area contributed by atoms with Crippen molar-refractivity contribution >= 4 is 21.6 Å². The van der Waals surface area contributed by atoms with Crippen molar-refractivity contribution in [1.82, 2.24) is 14.4 Å². The largest absolute Gasteiger partial charge is 0.372 e. The van der Waals surface area contributed by atoms with Crippen LogP contribution in [0.5, 0.6) is 0 Å². The fourth-order valence-electron chi connectivity index (χ4n) is 2.36. The molecule has 0 fully saturated rings. The molecule has 0 saturated carbocycles. The first kappa shape index (κ1) is 14.5. The third-order valence-electron chi connectivity index (χ3n) is 3.17. The van der Waals surface area contributed by atoms with Crippen LogP contribution >= 0.6 is 15.9 Å². The molecule has 0 aliphatic carbocycles. The summed E-state index contributed by atoms with van der Waals surface area (Å²) in [4.78, 5) is 8.96. The summed E-state index contributed by atoms with van der Waals surface area (Å²) in [5, 5.41) is 0. The molecular formula is C14H20BrN3O. The van der Waals surface area contributed by atoms with Crippen LogP contribution in [0.4, 0.5) is 0 Å². The maximum Gasteiger partial charge on any atom is 0.154 e. The van der Waals surface area contributed by atoms with Crippen molar-refractivity contribution in [3.05, 3.63) is 28.4 Å². The Kier molecular flexibility index (Phi) is 4.93. The number of aryl methyl sites for hydroxylation is 1. The molecule has 0 amide bonds. The zero-order chi connectivity index (χ0) is 13.8. The predicted octanol–water partition coefficient (Wildman–Crippen LogP) is 3.93. The SMILES string of the molecule is CCCC(OCC)c1c(CC)nc2c(Br)cncn12. The summed E-state index contributed by atoms with van der Waals surface area (Å²) in [6, 6.07) is 0. The second-order valence-electron chi connectivity index (χ2n) is 4.47. The summed E-state index contributed by atoms with van der Waals surface area (Å²) in [6.07, 6.45) is 6.68. The molecular weight excluding hydrogens is 306 g/mol. The highest BCUT2D eigenvalue weighted by Gasteiger charge is 2.21. The van der Waals surface area contributed by atoms with E-state index in [0.717, 1.165) is 40.8 Å². The lowest BCUT2D eigenvalue weighted by Crippen LogP contribution is -2.09. The lowest BCUT2D eigenvalue weighted by molar-refractivity contribution is 0.0514. The van der Waals surface area contributed by atoms with E-state index in [1.807, 2.05) is 13.3 Å². The maximum atomic E-state index is 5.91. The van der Waals surface area contributed by atoms with Gasteiger partial charge in [0.05, 0.1) is 22.0 Å². The van der Waals surface area contributed by atoms with Crippen molar-refractivity contribution in [3.8, 4) is 0 Å². The fraction of sp³-hybridized carbons (Fsp3) is 0.571. The van der Waals surface area contributed by atoms with Crippen LogP contribution in [-0.4, -0.2) is 21.0 Å². The van der Waals surface area contributed by atoms with E-state index in [0.29, 0.717) is 6.61 Å². The monoisotopic (exact) mass is 325 g/mol. The first-order valence-corrected chi connectivity index (χ1v) is 7.64. The van der Waals surface area contributed by atoms with Gasteiger partial charge in [-0.15, -0.1) is 0 Å². The molecule has 1 atom stereocenters. The Labute approximate surface area is 122 Å². The molecule has 0 N–H and O–H groups in total. The first-order chi connectivity index (χ1) is 9.22. The van der Waals surface area contributed by atoms with Crippen LogP contribution in [0.15, 0.2) is 17.0 Å². The minimum Gasteiger partial charge on any atom is -0.372 e. The maximum absolute atomic E-state index is 5.91. The summed E-state index contributed by atoms with van der Waals surface area (Å²) in [5.74, 6) is 0. The van der Waals surface area contributed by atoms with E-state index in [9.17, 15) is 0 Å². The Morgan fingerprint density at radius 3 is 2.79 bits per heavy atom. The van der Waals surface area contributed by atoms with Gasteiger partial charge in [0.2, 0.25) is 0 Å². The number of ether oxygens (including phenoxy) is 1. The van der Waals surface area contributed by atoms with Gasteiger partial charge in [0.15, 0.2) is 5.65 Å². The molecule has 1 unspecified atom stereocenters. The Morgan fingerprint density at radius 1 is 1.37 bits per heavy atom. The molecule has 104 valence electrons. The van der Waals surface area contributed by atoms with Gasteiger partial charge in [0, 0.05) is 12.8 Å². The molecule has 0 aromatic carbocycles. The minimum absolute atomic E-state index is 0.0936. The number of rotatable bonds is 6. The molecule has 2 heterocycles. The molecule has 2 aromatic heterocycles. The molecule has 2 rings (SSSR count). The number of nitrogens with zero attached hydrogens (tertiary/aromatic N) is 3. The Balaban J connectivity index is 2.58.